The third kappa shape index (κ3) is 7.95. The first-order chi connectivity index (χ1) is 22.1. The van der Waals surface area contributed by atoms with Crippen LogP contribution in [0.4, 0.5) is 0 Å². The number of nitrogens with two attached hydrogens (primary N) is 1. The molecule has 46 heavy (non-hydrogen) atoms. The van der Waals surface area contributed by atoms with Crippen LogP contribution in [-0.4, -0.2) is 55.6 Å². The zero-order valence-electron chi connectivity index (χ0n) is 25.0. The van der Waals surface area contributed by atoms with Crippen molar-refractivity contribution < 1.29 is 27.5 Å². The highest BCUT2D eigenvalue weighted by atomic mass is 32.2. The highest BCUT2D eigenvalue weighted by Gasteiger charge is 2.39. The maximum absolute atomic E-state index is 13.9. The number of benzene rings is 4. The van der Waals surface area contributed by atoms with E-state index in [1.165, 1.54) is 17.0 Å². The molecule has 11 nitrogen and oxygen atoms in total. The number of carbonyl (C=O) groups excluding carboxylic acids is 3. The summed E-state index contributed by atoms with van der Waals surface area (Å²) in [5.74, 6) is -1.92. The molecule has 0 unspecified atom stereocenters. The summed E-state index contributed by atoms with van der Waals surface area (Å²) in [5, 5.41) is 11.9. The lowest BCUT2D eigenvalue weighted by molar-refractivity contribution is -0.149. The number of amidine groups is 1. The summed E-state index contributed by atoms with van der Waals surface area (Å²) < 4.78 is 35.0. The number of carbonyl (C=O) groups is 3. The van der Waals surface area contributed by atoms with E-state index in [1.54, 1.807) is 66.7 Å². The number of nitrogens with one attached hydrogen (secondary N) is 3. The number of likely N-dealkylation sites (tertiary alicyclic amines) is 1. The van der Waals surface area contributed by atoms with Gasteiger partial charge in [-0.1, -0.05) is 84.9 Å². The maximum Gasteiger partial charge on any atom is 0.308 e. The number of rotatable bonds is 12. The molecule has 0 aromatic heterocycles. The van der Waals surface area contributed by atoms with Crippen LogP contribution in [0.5, 0.6) is 0 Å². The Morgan fingerprint density at radius 1 is 0.913 bits per heavy atom. The summed E-state index contributed by atoms with van der Waals surface area (Å²) in [6.45, 7) is 0.358. The fourth-order valence-electron chi connectivity index (χ4n) is 5.35. The van der Waals surface area contributed by atoms with Crippen molar-refractivity contribution in [3.63, 3.8) is 0 Å². The number of nitrogens with zero attached hydrogens (tertiary/aromatic N) is 1. The first-order valence-corrected chi connectivity index (χ1v) is 16.3. The second-order valence-corrected chi connectivity index (χ2v) is 12.8. The van der Waals surface area contributed by atoms with E-state index in [2.05, 4.69) is 10.0 Å². The number of amides is 2. The summed E-state index contributed by atoms with van der Waals surface area (Å²) >= 11 is 0. The lowest BCUT2D eigenvalue weighted by Crippen LogP contribution is -2.54. The van der Waals surface area contributed by atoms with E-state index in [0.717, 1.165) is 16.5 Å². The van der Waals surface area contributed by atoms with Crippen molar-refractivity contribution in [2.24, 2.45) is 5.73 Å². The molecule has 238 valence electrons. The smallest absolute Gasteiger partial charge is 0.308 e. The predicted octanol–water partition coefficient (Wildman–Crippen LogP) is 3.21. The Kier molecular flexibility index (Phi) is 10.1. The lowest BCUT2D eigenvalue weighted by Gasteiger charge is -2.28. The Labute approximate surface area is 267 Å². The van der Waals surface area contributed by atoms with Crippen LogP contribution in [0, 0.1) is 5.41 Å². The highest BCUT2D eigenvalue weighted by Crippen LogP contribution is 2.23. The Balaban J connectivity index is 1.32. The fourth-order valence-corrected chi connectivity index (χ4v) is 6.57. The molecule has 1 fully saturated rings. The van der Waals surface area contributed by atoms with E-state index in [9.17, 15) is 22.8 Å². The van der Waals surface area contributed by atoms with Crippen LogP contribution in [0.2, 0.25) is 0 Å². The molecule has 1 saturated heterocycles. The van der Waals surface area contributed by atoms with E-state index in [-0.39, 0.29) is 30.4 Å². The maximum atomic E-state index is 13.9. The number of fused-ring (bicyclic) bond motifs is 1. The average molecular weight is 642 g/mol. The van der Waals surface area contributed by atoms with Crippen LogP contribution in [-0.2, 0) is 42.3 Å². The molecular formula is C34H35N5O6S. The van der Waals surface area contributed by atoms with Crippen molar-refractivity contribution in [2.45, 2.75) is 49.4 Å². The quantitative estimate of drug-likeness (QED) is 0.104. The molecule has 0 bridgehead atoms. The second kappa shape index (κ2) is 14.4. The van der Waals surface area contributed by atoms with E-state index in [1.807, 2.05) is 18.2 Å². The number of hydrogen-bond donors (Lipinski definition) is 4. The molecule has 2 atom stereocenters. The summed E-state index contributed by atoms with van der Waals surface area (Å²) in [7, 11) is -4.26. The normalized spacial score (nSPS) is 15.3. The van der Waals surface area contributed by atoms with Crippen molar-refractivity contribution in [3.8, 4) is 0 Å². The molecular weight excluding hydrogens is 606 g/mol. The Bertz CT molecular complexity index is 1850. The van der Waals surface area contributed by atoms with Gasteiger partial charge in [0, 0.05) is 18.7 Å². The zero-order valence-corrected chi connectivity index (χ0v) is 25.8. The number of nitrogen functional groups attached to an aromatic ring is 1. The van der Waals surface area contributed by atoms with Crippen LogP contribution < -0.4 is 15.8 Å². The molecule has 1 heterocycles. The van der Waals surface area contributed by atoms with Crippen molar-refractivity contribution in [3.05, 3.63) is 114 Å². The van der Waals surface area contributed by atoms with E-state index in [4.69, 9.17) is 15.9 Å². The zero-order chi connectivity index (χ0) is 32.7. The van der Waals surface area contributed by atoms with Gasteiger partial charge in [-0.15, -0.1) is 0 Å². The number of sulfonamides is 1. The number of hydrogen-bond acceptors (Lipinski definition) is 7. The van der Waals surface area contributed by atoms with Gasteiger partial charge in [0.1, 0.15) is 24.5 Å². The highest BCUT2D eigenvalue weighted by molar-refractivity contribution is 7.89. The number of esters is 1. The third-order valence-electron chi connectivity index (χ3n) is 7.81. The fraction of sp³-hybridized carbons (Fsp3) is 0.235. The Morgan fingerprint density at radius 3 is 2.33 bits per heavy atom. The van der Waals surface area contributed by atoms with Gasteiger partial charge in [-0.3, -0.25) is 19.8 Å². The molecule has 4 aromatic rings. The SMILES string of the molecule is N=C(N)c1ccc(CNC(=O)[C@@H]2CCCN2C(=O)[C@H](CC(=O)OCc2ccccc2)NS(=O)(=O)c2ccc3ccccc3c2)cc1. The number of ether oxygens (including phenoxy) is 1. The van der Waals surface area contributed by atoms with Gasteiger partial charge in [-0.25, -0.2) is 8.42 Å². The minimum absolute atomic E-state index is 0.0415. The van der Waals surface area contributed by atoms with Gasteiger partial charge in [0.05, 0.1) is 11.3 Å². The van der Waals surface area contributed by atoms with Crippen LogP contribution in [0.15, 0.2) is 102 Å². The molecule has 1 aliphatic rings. The predicted molar refractivity (Wildman–Crippen MR) is 173 cm³/mol. The van der Waals surface area contributed by atoms with Crippen molar-refractivity contribution >= 4 is 44.4 Å². The molecule has 12 heteroatoms. The molecule has 4 aromatic carbocycles. The average Bonchev–Trinajstić information content (AvgIpc) is 3.56. The van der Waals surface area contributed by atoms with Gasteiger partial charge in [-0.2, -0.15) is 4.72 Å². The minimum atomic E-state index is -4.26. The Hall–Kier alpha value is -5.07. The molecule has 2 amide bonds. The summed E-state index contributed by atoms with van der Waals surface area (Å²) in [6, 6.07) is 25.4. The van der Waals surface area contributed by atoms with Crippen LogP contribution in [0.3, 0.4) is 0 Å². The van der Waals surface area contributed by atoms with Crippen molar-refractivity contribution in [2.75, 3.05) is 6.54 Å². The van der Waals surface area contributed by atoms with Gasteiger partial charge >= 0.3 is 5.97 Å². The van der Waals surface area contributed by atoms with E-state index < -0.39 is 46.3 Å². The van der Waals surface area contributed by atoms with Crippen molar-refractivity contribution in [1.29, 1.82) is 5.41 Å². The molecule has 1 aliphatic heterocycles. The molecule has 0 radical (unpaired) electrons. The summed E-state index contributed by atoms with van der Waals surface area (Å²) in [6.07, 6.45) is 0.342. The monoisotopic (exact) mass is 641 g/mol. The minimum Gasteiger partial charge on any atom is -0.461 e. The van der Waals surface area contributed by atoms with Gasteiger partial charge in [0.25, 0.3) is 0 Å². The lowest BCUT2D eigenvalue weighted by atomic mass is 10.1. The standard InChI is InChI=1S/C34H35N5O6S/c35-32(36)26-14-12-23(13-15-26)21-37-33(41)30-11-6-18-39(30)34(42)29(20-31(40)45-22-24-7-2-1-3-8-24)38-46(43,44)28-17-16-25-9-4-5-10-27(25)19-28/h1-5,7-10,12-17,19,29-30,38H,6,11,18,20-22H2,(H3,35,36)(H,37,41)/t29-,30-/m0/s1. The Morgan fingerprint density at radius 2 is 1.61 bits per heavy atom. The first-order valence-electron chi connectivity index (χ1n) is 14.8. The molecule has 0 spiro atoms. The van der Waals surface area contributed by atoms with Gasteiger partial charge in [0.2, 0.25) is 21.8 Å². The largest absolute Gasteiger partial charge is 0.461 e. The van der Waals surface area contributed by atoms with E-state index >= 15 is 0 Å². The van der Waals surface area contributed by atoms with Gasteiger partial charge in [-0.05, 0) is 46.9 Å². The molecule has 5 rings (SSSR count). The topological polar surface area (TPSA) is 172 Å². The molecule has 5 N–H and O–H groups in total. The van der Waals surface area contributed by atoms with Crippen molar-refractivity contribution in [1.82, 2.24) is 14.9 Å². The van der Waals surface area contributed by atoms with E-state index in [0.29, 0.717) is 23.8 Å². The van der Waals surface area contributed by atoms with Crippen LogP contribution >= 0.6 is 0 Å². The van der Waals surface area contributed by atoms with Crippen LogP contribution in [0.1, 0.15) is 36.0 Å². The van der Waals surface area contributed by atoms with Gasteiger partial charge in [0.15, 0.2) is 0 Å². The first kappa shape index (κ1) is 32.3. The summed E-state index contributed by atoms with van der Waals surface area (Å²) in [4.78, 5) is 41.4. The molecule has 0 saturated carbocycles. The molecule has 0 aliphatic carbocycles. The summed E-state index contributed by atoms with van der Waals surface area (Å²) in [5.41, 5.74) is 7.58. The second-order valence-electron chi connectivity index (χ2n) is 11.1. The third-order valence-corrected chi connectivity index (χ3v) is 9.28. The van der Waals surface area contributed by atoms with Crippen LogP contribution in [0.25, 0.3) is 10.8 Å². The van der Waals surface area contributed by atoms with Gasteiger partial charge < -0.3 is 20.7 Å².